The minimum atomic E-state index is -3.97. The number of sulfonamides is 1. The van der Waals surface area contributed by atoms with Crippen molar-refractivity contribution in [1.82, 2.24) is 9.97 Å². The maximum absolute atomic E-state index is 13.0. The van der Waals surface area contributed by atoms with E-state index in [-0.39, 0.29) is 22.3 Å². The van der Waals surface area contributed by atoms with Crippen LogP contribution in [0.15, 0.2) is 71.6 Å². The van der Waals surface area contributed by atoms with E-state index in [0.29, 0.717) is 33.8 Å². The summed E-state index contributed by atoms with van der Waals surface area (Å²) in [6.45, 7) is 1.43. The Labute approximate surface area is 196 Å². The number of hydrogen-bond acceptors (Lipinski definition) is 8. The molecular formula is C24H22N4O5S. The number of carbonyl (C=O) groups is 1. The van der Waals surface area contributed by atoms with Crippen molar-refractivity contribution < 1.29 is 22.7 Å². The third-order valence-electron chi connectivity index (χ3n) is 5.02. The number of carbonyl (C=O) groups excluding carboxylic acids is 1. The van der Waals surface area contributed by atoms with Gasteiger partial charge in [0.25, 0.3) is 10.0 Å². The number of rotatable bonds is 8. The van der Waals surface area contributed by atoms with Crippen molar-refractivity contribution in [2.75, 3.05) is 24.3 Å². The molecule has 1 aromatic heterocycles. The number of ether oxygens (including phenoxy) is 2. The summed E-state index contributed by atoms with van der Waals surface area (Å²) in [4.78, 5) is 21.3. The molecule has 3 aromatic carbocycles. The second kappa shape index (κ2) is 9.36. The van der Waals surface area contributed by atoms with E-state index in [1.165, 1.54) is 33.3 Å². The highest BCUT2D eigenvalue weighted by molar-refractivity contribution is 7.92. The summed E-state index contributed by atoms with van der Waals surface area (Å²) in [5, 5.41) is 3.08. The maximum atomic E-state index is 13.0. The molecule has 9 nitrogen and oxygen atoms in total. The van der Waals surface area contributed by atoms with Gasteiger partial charge in [0.1, 0.15) is 17.0 Å². The van der Waals surface area contributed by atoms with Gasteiger partial charge in [-0.15, -0.1) is 0 Å². The maximum Gasteiger partial charge on any atom is 0.263 e. The molecule has 174 valence electrons. The monoisotopic (exact) mass is 478 g/mol. The Morgan fingerprint density at radius 3 is 2.32 bits per heavy atom. The Bertz CT molecular complexity index is 1470. The lowest BCUT2D eigenvalue weighted by Gasteiger charge is -2.16. The predicted molar refractivity (Wildman–Crippen MR) is 130 cm³/mol. The third kappa shape index (κ3) is 4.62. The van der Waals surface area contributed by atoms with Crippen LogP contribution in [-0.4, -0.2) is 38.4 Å². The minimum Gasteiger partial charge on any atom is -0.497 e. The number of Topliss-reactive ketones (excluding diaryl/α,β-unsaturated/α-hetero) is 1. The molecule has 2 N–H and O–H groups in total. The lowest BCUT2D eigenvalue weighted by atomic mass is 10.1. The molecule has 0 saturated heterocycles. The minimum absolute atomic E-state index is 0.0399. The fraction of sp³-hybridized carbons (Fsp3) is 0.125. The fourth-order valence-corrected chi connectivity index (χ4v) is 4.37. The Balaban J connectivity index is 1.89. The number of anilines is 3. The van der Waals surface area contributed by atoms with Crippen LogP contribution in [0, 0.1) is 0 Å². The number of aromatic nitrogens is 2. The first-order valence-corrected chi connectivity index (χ1v) is 11.7. The first-order chi connectivity index (χ1) is 16.3. The number of para-hydroxylation sites is 1. The molecule has 0 aliphatic carbocycles. The van der Waals surface area contributed by atoms with Gasteiger partial charge in [0.05, 0.1) is 30.3 Å². The summed E-state index contributed by atoms with van der Waals surface area (Å²) in [7, 11) is -0.933. The summed E-state index contributed by atoms with van der Waals surface area (Å²) in [5.41, 5.74) is 1.53. The lowest BCUT2D eigenvalue weighted by molar-refractivity contribution is 0.101. The molecule has 0 fully saturated rings. The average molecular weight is 479 g/mol. The van der Waals surface area contributed by atoms with Crippen LogP contribution in [0.4, 0.5) is 17.3 Å². The molecule has 4 aromatic rings. The van der Waals surface area contributed by atoms with Crippen molar-refractivity contribution >= 4 is 44.2 Å². The van der Waals surface area contributed by atoms with Gasteiger partial charge in [-0.05, 0) is 43.3 Å². The molecule has 0 aliphatic rings. The van der Waals surface area contributed by atoms with Crippen LogP contribution < -0.4 is 19.5 Å². The van der Waals surface area contributed by atoms with Crippen molar-refractivity contribution in [3.63, 3.8) is 0 Å². The molecule has 0 amide bonds. The van der Waals surface area contributed by atoms with Gasteiger partial charge >= 0.3 is 0 Å². The summed E-state index contributed by atoms with van der Waals surface area (Å²) in [6, 6.07) is 18.0. The summed E-state index contributed by atoms with van der Waals surface area (Å²) in [5.74, 6) is 0.879. The molecule has 0 unspecified atom stereocenters. The molecule has 4 rings (SSSR count). The number of nitrogens with zero attached hydrogens (tertiary/aromatic N) is 2. The molecule has 0 saturated carbocycles. The van der Waals surface area contributed by atoms with Crippen LogP contribution in [0.5, 0.6) is 11.5 Å². The molecule has 10 heteroatoms. The van der Waals surface area contributed by atoms with Crippen molar-refractivity contribution in [3.05, 3.63) is 72.3 Å². The van der Waals surface area contributed by atoms with Gasteiger partial charge in [0, 0.05) is 11.6 Å². The average Bonchev–Trinajstić information content (AvgIpc) is 2.84. The van der Waals surface area contributed by atoms with Gasteiger partial charge in [0.2, 0.25) is 0 Å². The van der Waals surface area contributed by atoms with E-state index in [9.17, 15) is 13.2 Å². The highest BCUT2D eigenvalue weighted by atomic mass is 32.2. The highest BCUT2D eigenvalue weighted by Gasteiger charge is 2.21. The van der Waals surface area contributed by atoms with Crippen LogP contribution in [0.1, 0.15) is 17.3 Å². The zero-order valence-electron chi connectivity index (χ0n) is 18.7. The van der Waals surface area contributed by atoms with Gasteiger partial charge < -0.3 is 14.8 Å². The van der Waals surface area contributed by atoms with E-state index in [2.05, 4.69) is 20.0 Å². The summed E-state index contributed by atoms with van der Waals surface area (Å²) < 4.78 is 39.3. The summed E-state index contributed by atoms with van der Waals surface area (Å²) >= 11 is 0. The molecule has 1 heterocycles. The Morgan fingerprint density at radius 2 is 1.65 bits per heavy atom. The SMILES string of the molecule is COc1ccc(OC)c(Nc2nc3c(C(C)=O)cccc3nc2NS(=O)(=O)c2ccccc2)c1. The third-order valence-corrected chi connectivity index (χ3v) is 6.37. The number of fused-ring (bicyclic) bond motifs is 1. The van der Waals surface area contributed by atoms with E-state index in [4.69, 9.17) is 9.47 Å². The highest BCUT2D eigenvalue weighted by Crippen LogP contribution is 2.34. The molecule has 0 spiro atoms. The van der Waals surface area contributed by atoms with Crippen molar-refractivity contribution in [3.8, 4) is 11.5 Å². The van der Waals surface area contributed by atoms with Crippen LogP contribution in [-0.2, 0) is 10.0 Å². The number of nitrogens with one attached hydrogen (secondary N) is 2. The van der Waals surface area contributed by atoms with E-state index in [0.717, 1.165) is 0 Å². The van der Waals surface area contributed by atoms with Crippen LogP contribution >= 0.6 is 0 Å². The molecule has 0 aliphatic heterocycles. The number of methoxy groups -OCH3 is 2. The molecule has 0 atom stereocenters. The molecule has 34 heavy (non-hydrogen) atoms. The zero-order valence-corrected chi connectivity index (χ0v) is 19.5. The van der Waals surface area contributed by atoms with Gasteiger partial charge in [0.15, 0.2) is 17.4 Å². The standard InChI is InChI=1S/C24H22N4O5S/c1-15(29)18-10-7-11-19-22(18)27-23(26-20-14-16(32-2)12-13-21(20)33-3)24(25-19)28-34(30,31)17-8-5-4-6-9-17/h4-14H,1-3H3,(H,25,28)(H,26,27). The van der Waals surface area contributed by atoms with Crippen molar-refractivity contribution in [2.45, 2.75) is 11.8 Å². The first-order valence-electron chi connectivity index (χ1n) is 10.2. The quantitative estimate of drug-likeness (QED) is 0.358. The topological polar surface area (TPSA) is 120 Å². The fourth-order valence-electron chi connectivity index (χ4n) is 3.34. The molecule has 0 radical (unpaired) electrons. The van der Waals surface area contributed by atoms with Crippen molar-refractivity contribution in [1.29, 1.82) is 0 Å². The van der Waals surface area contributed by atoms with E-state index >= 15 is 0 Å². The largest absolute Gasteiger partial charge is 0.497 e. The number of benzene rings is 3. The first kappa shape index (κ1) is 23.0. The van der Waals surface area contributed by atoms with E-state index < -0.39 is 10.0 Å². The molecule has 0 bridgehead atoms. The van der Waals surface area contributed by atoms with Gasteiger partial charge in [-0.2, -0.15) is 0 Å². The van der Waals surface area contributed by atoms with E-state index in [1.807, 2.05) is 0 Å². The zero-order chi connectivity index (χ0) is 24.3. The molecular weight excluding hydrogens is 456 g/mol. The van der Waals surface area contributed by atoms with E-state index in [1.54, 1.807) is 54.6 Å². The number of ketones is 1. The summed E-state index contributed by atoms with van der Waals surface area (Å²) in [6.07, 6.45) is 0. The predicted octanol–water partition coefficient (Wildman–Crippen LogP) is 4.39. The van der Waals surface area contributed by atoms with Gasteiger partial charge in [-0.25, -0.2) is 18.4 Å². The van der Waals surface area contributed by atoms with Crippen LogP contribution in [0.25, 0.3) is 11.0 Å². The second-order valence-electron chi connectivity index (χ2n) is 7.26. The Morgan fingerprint density at radius 1 is 0.882 bits per heavy atom. The normalized spacial score (nSPS) is 11.1. The van der Waals surface area contributed by atoms with Crippen molar-refractivity contribution in [2.24, 2.45) is 0 Å². The van der Waals surface area contributed by atoms with Gasteiger partial charge in [-0.1, -0.05) is 24.3 Å². The Kier molecular flexibility index (Phi) is 6.33. The van der Waals surface area contributed by atoms with Crippen LogP contribution in [0.3, 0.4) is 0 Å². The van der Waals surface area contributed by atoms with Gasteiger partial charge in [-0.3, -0.25) is 9.52 Å². The second-order valence-corrected chi connectivity index (χ2v) is 8.94. The van der Waals surface area contributed by atoms with Crippen LogP contribution in [0.2, 0.25) is 0 Å². The number of hydrogen-bond donors (Lipinski definition) is 2. The smallest absolute Gasteiger partial charge is 0.263 e. The Hall–Kier alpha value is -4.18. The lowest BCUT2D eigenvalue weighted by Crippen LogP contribution is -2.16.